The first-order valence-electron chi connectivity index (χ1n) is 9.29. The van der Waals surface area contributed by atoms with E-state index in [9.17, 15) is 0 Å². The van der Waals surface area contributed by atoms with Crippen LogP contribution in [0.5, 0.6) is 17.2 Å². The van der Waals surface area contributed by atoms with E-state index in [1.165, 1.54) is 11.9 Å². The van der Waals surface area contributed by atoms with Crippen LogP contribution in [0.15, 0.2) is 48.8 Å². The van der Waals surface area contributed by atoms with Crippen molar-refractivity contribution in [2.45, 2.75) is 18.4 Å². The van der Waals surface area contributed by atoms with Gasteiger partial charge in [0.25, 0.3) is 0 Å². The minimum atomic E-state index is 0.328. The molecule has 0 aliphatic heterocycles. The summed E-state index contributed by atoms with van der Waals surface area (Å²) in [6.07, 6.45) is 2.54. The van der Waals surface area contributed by atoms with Crippen molar-refractivity contribution in [3.05, 3.63) is 54.4 Å². The largest absolute Gasteiger partial charge is 0.493 e. The average molecular weight is 393 g/mol. The summed E-state index contributed by atoms with van der Waals surface area (Å²) in [4.78, 5) is 12.9. The molecule has 0 spiro atoms. The fourth-order valence-corrected chi connectivity index (χ4v) is 3.30. The Morgan fingerprint density at radius 1 is 0.897 bits per heavy atom. The van der Waals surface area contributed by atoms with E-state index in [1.807, 2.05) is 6.07 Å². The molecular weight excluding hydrogens is 370 g/mol. The number of anilines is 3. The Morgan fingerprint density at radius 2 is 1.59 bits per heavy atom. The van der Waals surface area contributed by atoms with Crippen molar-refractivity contribution in [2.24, 2.45) is 0 Å². The van der Waals surface area contributed by atoms with E-state index in [1.54, 1.807) is 33.5 Å². The molecule has 1 aliphatic rings. The van der Waals surface area contributed by atoms with Crippen molar-refractivity contribution >= 4 is 17.6 Å². The molecule has 2 unspecified atom stereocenters. The van der Waals surface area contributed by atoms with Crippen molar-refractivity contribution in [1.82, 2.24) is 15.0 Å². The van der Waals surface area contributed by atoms with E-state index < -0.39 is 0 Å². The van der Waals surface area contributed by atoms with Gasteiger partial charge in [0.15, 0.2) is 11.5 Å². The van der Waals surface area contributed by atoms with Gasteiger partial charge in [-0.25, -0.2) is 9.97 Å². The Bertz CT molecular complexity index is 958. The molecule has 8 heteroatoms. The quantitative estimate of drug-likeness (QED) is 0.600. The molecule has 29 heavy (non-hydrogen) atoms. The van der Waals surface area contributed by atoms with E-state index >= 15 is 0 Å². The van der Waals surface area contributed by atoms with Crippen LogP contribution in [-0.2, 0) is 0 Å². The Kier molecular flexibility index (Phi) is 5.33. The van der Waals surface area contributed by atoms with E-state index in [4.69, 9.17) is 14.2 Å². The third kappa shape index (κ3) is 4.16. The zero-order valence-electron chi connectivity index (χ0n) is 16.5. The maximum absolute atomic E-state index is 5.39. The van der Waals surface area contributed by atoms with Crippen molar-refractivity contribution < 1.29 is 14.2 Å². The summed E-state index contributed by atoms with van der Waals surface area (Å²) >= 11 is 0. The van der Waals surface area contributed by atoms with Crippen LogP contribution in [0.1, 0.15) is 17.9 Å². The zero-order chi connectivity index (χ0) is 20.2. The minimum absolute atomic E-state index is 0.328. The molecule has 0 bridgehead atoms. The van der Waals surface area contributed by atoms with Crippen LogP contribution >= 0.6 is 0 Å². The van der Waals surface area contributed by atoms with Crippen LogP contribution in [-0.4, -0.2) is 42.3 Å². The molecule has 1 saturated carbocycles. The Labute approximate surface area is 169 Å². The second-order valence-electron chi connectivity index (χ2n) is 6.68. The highest BCUT2D eigenvalue weighted by atomic mass is 16.5. The molecule has 150 valence electrons. The number of nitrogens with zero attached hydrogens (tertiary/aromatic N) is 3. The minimum Gasteiger partial charge on any atom is -0.493 e. The lowest BCUT2D eigenvalue weighted by atomic mass is 10.1. The molecule has 8 nitrogen and oxygen atoms in total. The highest BCUT2D eigenvalue weighted by molar-refractivity contribution is 5.65. The lowest BCUT2D eigenvalue weighted by Gasteiger charge is -2.14. The second-order valence-corrected chi connectivity index (χ2v) is 6.68. The van der Waals surface area contributed by atoms with Gasteiger partial charge < -0.3 is 24.8 Å². The van der Waals surface area contributed by atoms with E-state index in [0.717, 1.165) is 6.42 Å². The van der Waals surface area contributed by atoms with Crippen molar-refractivity contribution in [1.29, 1.82) is 0 Å². The Hall–Kier alpha value is -3.55. The van der Waals surface area contributed by atoms with Crippen LogP contribution < -0.4 is 24.8 Å². The summed E-state index contributed by atoms with van der Waals surface area (Å²) in [5, 5.41) is 6.55. The van der Waals surface area contributed by atoms with Crippen LogP contribution in [0, 0.1) is 0 Å². The summed E-state index contributed by atoms with van der Waals surface area (Å²) in [5.41, 5.74) is 2.04. The summed E-state index contributed by atoms with van der Waals surface area (Å²) in [6.45, 7) is 0. The number of aromatic nitrogens is 3. The molecule has 0 radical (unpaired) electrons. The van der Waals surface area contributed by atoms with Gasteiger partial charge in [-0.15, -0.1) is 0 Å². The molecule has 2 atom stereocenters. The van der Waals surface area contributed by atoms with Gasteiger partial charge in [0.1, 0.15) is 6.33 Å². The summed E-state index contributed by atoms with van der Waals surface area (Å²) in [7, 11) is 4.72. The second kappa shape index (κ2) is 8.22. The van der Waals surface area contributed by atoms with Gasteiger partial charge in [-0.2, -0.15) is 4.98 Å². The lowest BCUT2D eigenvalue weighted by Crippen LogP contribution is -2.09. The smallest absolute Gasteiger partial charge is 0.231 e. The molecule has 0 saturated heterocycles. The van der Waals surface area contributed by atoms with Crippen LogP contribution in [0.4, 0.5) is 17.6 Å². The molecule has 1 aliphatic carbocycles. The fourth-order valence-electron chi connectivity index (χ4n) is 3.30. The number of benzene rings is 2. The average Bonchev–Trinajstić information content (AvgIpc) is 3.53. The lowest BCUT2D eigenvalue weighted by molar-refractivity contribution is 0.324. The Balaban J connectivity index is 1.47. The van der Waals surface area contributed by atoms with Gasteiger partial charge in [0.2, 0.25) is 17.6 Å². The third-order valence-corrected chi connectivity index (χ3v) is 4.83. The maximum atomic E-state index is 5.39. The topological polar surface area (TPSA) is 90.4 Å². The SMILES string of the molecule is COc1cc(Nc2ncnc(NC3CC3c3ccccc3)n2)cc(OC)c1OC. The summed E-state index contributed by atoms with van der Waals surface area (Å²) in [5.74, 6) is 3.07. The van der Waals surface area contributed by atoms with Gasteiger partial charge in [0, 0.05) is 29.8 Å². The monoisotopic (exact) mass is 393 g/mol. The highest BCUT2D eigenvalue weighted by Gasteiger charge is 2.38. The van der Waals surface area contributed by atoms with Gasteiger partial charge in [-0.1, -0.05) is 30.3 Å². The first kappa shape index (κ1) is 18.8. The number of nitrogens with one attached hydrogen (secondary N) is 2. The first-order chi connectivity index (χ1) is 14.2. The maximum Gasteiger partial charge on any atom is 0.231 e. The molecule has 1 fully saturated rings. The number of ether oxygens (including phenoxy) is 3. The standard InChI is InChI=1S/C21H23N5O3/c1-27-17-9-14(10-18(28-2)19(17)29-3)24-20-22-12-23-21(26-20)25-16-11-15(16)13-7-5-4-6-8-13/h4-10,12,15-16H,11H2,1-3H3,(H2,22,23,24,25,26). The molecule has 4 rings (SSSR count). The molecule has 2 aromatic carbocycles. The highest BCUT2D eigenvalue weighted by Crippen LogP contribution is 2.42. The van der Waals surface area contributed by atoms with Crippen LogP contribution in [0.3, 0.4) is 0 Å². The molecule has 3 aromatic rings. The fraction of sp³-hybridized carbons (Fsp3) is 0.286. The molecule has 1 aromatic heterocycles. The summed E-state index contributed by atoms with van der Waals surface area (Å²) < 4.78 is 16.1. The van der Waals surface area contributed by atoms with Gasteiger partial charge in [-0.3, -0.25) is 0 Å². The first-order valence-corrected chi connectivity index (χ1v) is 9.29. The predicted molar refractivity (Wildman–Crippen MR) is 110 cm³/mol. The van der Waals surface area contributed by atoms with Gasteiger partial charge in [-0.05, 0) is 12.0 Å². The number of rotatable bonds is 8. The molecule has 0 amide bonds. The third-order valence-electron chi connectivity index (χ3n) is 4.83. The van der Waals surface area contributed by atoms with Crippen LogP contribution in [0.2, 0.25) is 0 Å². The zero-order valence-corrected chi connectivity index (χ0v) is 16.5. The summed E-state index contributed by atoms with van der Waals surface area (Å²) in [6, 6.07) is 14.4. The van der Waals surface area contributed by atoms with Gasteiger partial charge in [0.05, 0.1) is 21.3 Å². The van der Waals surface area contributed by atoms with Crippen molar-refractivity contribution in [3.63, 3.8) is 0 Å². The van der Waals surface area contributed by atoms with Gasteiger partial charge >= 0.3 is 0 Å². The van der Waals surface area contributed by atoms with Crippen molar-refractivity contribution in [3.8, 4) is 17.2 Å². The van der Waals surface area contributed by atoms with Crippen LogP contribution in [0.25, 0.3) is 0 Å². The van der Waals surface area contributed by atoms with E-state index in [2.05, 4.69) is 49.9 Å². The van der Waals surface area contributed by atoms with Crippen molar-refractivity contribution in [2.75, 3.05) is 32.0 Å². The van der Waals surface area contributed by atoms with E-state index in [0.29, 0.717) is 46.8 Å². The normalized spacial score (nSPS) is 17.3. The van der Waals surface area contributed by atoms with E-state index in [-0.39, 0.29) is 0 Å². The number of methoxy groups -OCH3 is 3. The predicted octanol–water partition coefficient (Wildman–Crippen LogP) is 3.61. The molecule has 1 heterocycles. The number of hydrogen-bond acceptors (Lipinski definition) is 8. The Morgan fingerprint density at radius 3 is 2.24 bits per heavy atom. The molecular formula is C21H23N5O3. The molecule has 2 N–H and O–H groups in total. The number of hydrogen-bond donors (Lipinski definition) is 2.